The molecule has 0 saturated heterocycles. The van der Waals surface area contributed by atoms with Crippen molar-refractivity contribution in [1.29, 1.82) is 0 Å². The average Bonchev–Trinajstić information content (AvgIpc) is 2.73. The van der Waals surface area contributed by atoms with Gasteiger partial charge in [0.2, 0.25) is 0 Å². The van der Waals surface area contributed by atoms with Crippen LogP contribution in [0.4, 0.5) is 10.5 Å². The number of urea groups is 1. The molecule has 167 valence electrons. The number of hydrogen-bond acceptors (Lipinski definition) is 5. The minimum Gasteiger partial charge on any atom is -0.0580 e. The molecule has 1 aromatic heterocycles. The maximum atomic E-state index is 12.3. The third-order valence-corrected chi connectivity index (χ3v) is 8.48. The number of aryl methyl sites for hydroxylation is 3. The van der Waals surface area contributed by atoms with E-state index >= 15 is 0 Å². The fourth-order valence-electron chi connectivity index (χ4n) is 3.03. The van der Waals surface area contributed by atoms with Gasteiger partial charge in [0.1, 0.15) is 0 Å². The predicted octanol–water partition coefficient (Wildman–Crippen LogP) is 1.47. The van der Waals surface area contributed by atoms with Crippen LogP contribution in [0, 0.1) is 20.8 Å². The Morgan fingerprint density at radius 3 is 2.34 bits per heavy atom. The van der Waals surface area contributed by atoms with Crippen molar-refractivity contribution in [3.8, 4) is 0 Å². The van der Waals surface area contributed by atoms with Crippen molar-refractivity contribution in [1.82, 2.24) is 15.0 Å². The number of nitrogens with one attached hydrogen (secondary N) is 2. The molecular weight excluding hydrogens is 487 g/mol. The van der Waals surface area contributed by atoms with Gasteiger partial charge in [-0.05, 0) is 6.92 Å². The first-order chi connectivity index (χ1) is 15.1. The van der Waals surface area contributed by atoms with Gasteiger partial charge in [0.05, 0.1) is 0 Å². The molecule has 32 heavy (non-hydrogen) atoms. The second kappa shape index (κ2) is 10.2. The zero-order valence-electron chi connectivity index (χ0n) is 18.2. The Morgan fingerprint density at radius 2 is 1.69 bits per heavy atom. The van der Waals surface area contributed by atoms with Crippen molar-refractivity contribution in [3.63, 3.8) is 0 Å². The standard InChI is InChI=1S/C23H26AsN4O3S/c1-15-4-10-20(11-5-15)32(30,31)28-23(29)26-13-12-18-6-8-19(9-7-18)24-22-21(25)16(2)14-17(3)27-22/h4-11,14H,12-13,25H2,1-3H3,(H2,26,28,29). The average molecular weight is 513 g/mol. The number of carbonyl (C=O) groups excluding carboxylic acids is 1. The van der Waals surface area contributed by atoms with Gasteiger partial charge in [-0.25, -0.2) is 0 Å². The molecule has 0 atom stereocenters. The summed E-state index contributed by atoms with van der Waals surface area (Å²) < 4.78 is 28.7. The summed E-state index contributed by atoms with van der Waals surface area (Å²) in [5.74, 6) is 0. The first kappa shape index (κ1) is 23.8. The molecule has 0 bridgehead atoms. The monoisotopic (exact) mass is 513 g/mol. The first-order valence-corrected chi connectivity index (χ1v) is 13.4. The zero-order chi connectivity index (χ0) is 23.3. The Labute approximate surface area is 195 Å². The molecule has 0 spiro atoms. The quantitative estimate of drug-likeness (QED) is 0.414. The number of rotatable bonds is 7. The molecule has 0 fully saturated rings. The number of benzene rings is 2. The molecule has 3 aromatic rings. The normalized spacial score (nSPS) is 11.6. The number of aromatic nitrogens is 1. The number of amides is 2. The number of hydrogen-bond donors (Lipinski definition) is 3. The van der Waals surface area contributed by atoms with Crippen molar-refractivity contribution in [3.05, 3.63) is 77.0 Å². The van der Waals surface area contributed by atoms with Gasteiger partial charge in [0, 0.05) is 0 Å². The van der Waals surface area contributed by atoms with Gasteiger partial charge >= 0.3 is 171 Å². The molecule has 0 saturated carbocycles. The van der Waals surface area contributed by atoms with Crippen LogP contribution in [-0.2, 0) is 16.4 Å². The summed E-state index contributed by atoms with van der Waals surface area (Å²) in [7, 11) is -3.89. The second-order valence-corrected chi connectivity index (χ2v) is 11.6. The van der Waals surface area contributed by atoms with Crippen LogP contribution < -0.4 is 24.6 Å². The Hall–Kier alpha value is -2.83. The van der Waals surface area contributed by atoms with Crippen LogP contribution >= 0.6 is 0 Å². The van der Waals surface area contributed by atoms with E-state index in [9.17, 15) is 13.2 Å². The molecule has 0 aliphatic carbocycles. The van der Waals surface area contributed by atoms with Gasteiger partial charge in [0.15, 0.2) is 0 Å². The van der Waals surface area contributed by atoms with Crippen LogP contribution in [0.1, 0.15) is 22.4 Å². The van der Waals surface area contributed by atoms with E-state index in [1.807, 2.05) is 43.7 Å². The maximum absolute atomic E-state index is 12.3. The summed E-state index contributed by atoms with van der Waals surface area (Å²) in [5, 5.41) is 2.59. The van der Waals surface area contributed by atoms with Gasteiger partial charge in [-0.15, -0.1) is 0 Å². The predicted molar refractivity (Wildman–Crippen MR) is 128 cm³/mol. The number of pyridine rings is 1. The third-order valence-electron chi connectivity index (χ3n) is 4.80. The SMILES string of the molecule is Cc1ccc(S(=O)(=O)NC(=O)NCCc2ccc([As]c3nc(C)cc(C)c3N)cc2)cc1. The summed E-state index contributed by atoms with van der Waals surface area (Å²) in [6, 6.07) is 15.7. The molecule has 1 radical (unpaired) electrons. The van der Waals surface area contributed by atoms with E-state index in [0.717, 1.165) is 32.6 Å². The number of carbonyl (C=O) groups is 1. The fraction of sp³-hybridized carbons (Fsp3) is 0.217. The van der Waals surface area contributed by atoms with Crippen molar-refractivity contribution in [2.75, 3.05) is 12.3 Å². The molecule has 4 N–H and O–H groups in total. The minimum absolute atomic E-state index is 0.0515. The summed E-state index contributed by atoms with van der Waals surface area (Å²) in [6.45, 7) is 6.14. The molecule has 1 heterocycles. The van der Waals surface area contributed by atoms with E-state index in [-0.39, 0.29) is 20.6 Å². The number of nitrogens with zero attached hydrogens (tertiary/aromatic N) is 1. The van der Waals surface area contributed by atoms with Gasteiger partial charge in [-0.2, -0.15) is 0 Å². The third kappa shape index (κ3) is 6.34. The van der Waals surface area contributed by atoms with Crippen LogP contribution in [0.15, 0.2) is 59.5 Å². The van der Waals surface area contributed by atoms with Gasteiger partial charge < -0.3 is 0 Å². The minimum atomic E-state index is -3.89. The second-order valence-electron chi connectivity index (χ2n) is 7.52. The molecule has 0 unspecified atom stereocenters. The van der Waals surface area contributed by atoms with Crippen LogP contribution in [0.3, 0.4) is 0 Å². The van der Waals surface area contributed by atoms with Gasteiger partial charge in [0.25, 0.3) is 0 Å². The van der Waals surface area contributed by atoms with Crippen molar-refractivity contribution in [2.24, 2.45) is 0 Å². The van der Waals surface area contributed by atoms with Crippen LogP contribution in [0.5, 0.6) is 0 Å². The van der Waals surface area contributed by atoms with E-state index < -0.39 is 16.1 Å². The molecule has 7 nitrogen and oxygen atoms in total. The van der Waals surface area contributed by atoms with E-state index in [1.54, 1.807) is 12.1 Å². The van der Waals surface area contributed by atoms with Gasteiger partial charge in [-0.3, -0.25) is 0 Å². The zero-order valence-corrected chi connectivity index (χ0v) is 20.9. The molecular formula is C23H26AsN4O3S. The number of nitrogens with two attached hydrogens (primary N) is 1. The Morgan fingerprint density at radius 1 is 1.03 bits per heavy atom. The number of sulfonamides is 1. The van der Waals surface area contributed by atoms with Crippen molar-refractivity contribution in [2.45, 2.75) is 32.1 Å². The smallest absolute Gasteiger partial charge is 0.0580 e. The van der Waals surface area contributed by atoms with Crippen LogP contribution in [0.2, 0.25) is 0 Å². The molecule has 3 rings (SSSR count). The Balaban J connectivity index is 1.51. The number of anilines is 1. The van der Waals surface area contributed by atoms with E-state index in [1.165, 1.54) is 16.5 Å². The number of nitrogen functional groups attached to an aromatic ring is 1. The fourth-order valence-corrected chi connectivity index (χ4v) is 6.15. The Bertz CT molecular complexity index is 1210. The molecule has 2 aromatic carbocycles. The topological polar surface area (TPSA) is 114 Å². The summed E-state index contributed by atoms with van der Waals surface area (Å²) in [5.41, 5.74) is 10.9. The molecule has 0 aliphatic heterocycles. The van der Waals surface area contributed by atoms with E-state index in [0.29, 0.717) is 13.0 Å². The van der Waals surface area contributed by atoms with Crippen molar-refractivity contribution < 1.29 is 13.2 Å². The van der Waals surface area contributed by atoms with Crippen LogP contribution in [-0.4, -0.2) is 41.7 Å². The van der Waals surface area contributed by atoms with Crippen molar-refractivity contribution >= 4 is 46.3 Å². The van der Waals surface area contributed by atoms with Gasteiger partial charge in [-0.1, -0.05) is 17.7 Å². The first-order valence-electron chi connectivity index (χ1n) is 10.1. The van der Waals surface area contributed by atoms with E-state index in [4.69, 9.17) is 5.73 Å². The molecule has 2 amide bonds. The van der Waals surface area contributed by atoms with E-state index in [2.05, 4.69) is 22.4 Å². The molecule has 0 aliphatic rings. The molecule has 9 heteroatoms. The summed E-state index contributed by atoms with van der Waals surface area (Å²) in [6.07, 6.45) is 0.582. The summed E-state index contributed by atoms with van der Waals surface area (Å²) >= 11 is -0.320. The Kier molecular flexibility index (Phi) is 7.59. The summed E-state index contributed by atoms with van der Waals surface area (Å²) in [4.78, 5) is 16.7. The van der Waals surface area contributed by atoms with Crippen LogP contribution in [0.25, 0.3) is 0 Å².